The first-order chi connectivity index (χ1) is 13.8. The molecule has 0 atom stereocenters. The van der Waals surface area contributed by atoms with E-state index in [9.17, 15) is 4.79 Å². The van der Waals surface area contributed by atoms with E-state index in [0.717, 1.165) is 17.1 Å². The van der Waals surface area contributed by atoms with Crippen molar-refractivity contribution in [3.8, 4) is 5.82 Å². The fraction of sp³-hybridized carbons (Fsp3) is 0.143. The molecule has 2 heterocycles. The third-order valence-electron chi connectivity index (χ3n) is 4.45. The standard InChI is InChI=1S/C21H17Cl2N5O/c1-11-8-12(2)28(27-11)21-20(24-15-6-4-14(5-7-15)13(3)29)25-18-9-16(22)17(23)10-19(18)26-21/h4-10H,1-3H3,(H,24,25). The Morgan fingerprint density at radius 2 is 1.59 bits per heavy atom. The zero-order valence-corrected chi connectivity index (χ0v) is 17.5. The summed E-state index contributed by atoms with van der Waals surface area (Å²) in [4.78, 5) is 21.0. The Hall–Kier alpha value is -2.96. The maximum Gasteiger partial charge on any atom is 0.197 e. The van der Waals surface area contributed by atoms with E-state index >= 15 is 0 Å². The van der Waals surface area contributed by atoms with Gasteiger partial charge in [-0.25, -0.2) is 14.6 Å². The summed E-state index contributed by atoms with van der Waals surface area (Å²) in [7, 11) is 0. The largest absolute Gasteiger partial charge is 0.337 e. The molecule has 1 N–H and O–H groups in total. The first-order valence-electron chi connectivity index (χ1n) is 8.90. The molecule has 0 spiro atoms. The van der Waals surface area contributed by atoms with Gasteiger partial charge in [-0.1, -0.05) is 23.2 Å². The molecule has 2 aromatic heterocycles. The van der Waals surface area contributed by atoms with Crippen molar-refractivity contribution in [3.05, 3.63) is 69.5 Å². The van der Waals surface area contributed by atoms with E-state index in [1.54, 1.807) is 28.9 Å². The highest BCUT2D eigenvalue weighted by atomic mass is 35.5. The third-order valence-corrected chi connectivity index (χ3v) is 5.17. The molecule has 0 aliphatic rings. The van der Waals surface area contributed by atoms with Gasteiger partial charge in [0.25, 0.3) is 0 Å². The van der Waals surface area contributed by atoms with Crippen LogP contribution in [0.4, 0.5) is 11.5 Å². The summed E-state index contributed by atoms with van der Waals surface area (Å²) in [5.74, 6) is 1.06. The molecule has 0 aliphatic carbocycles. The summed E-state index contributed by atoms with van der Waals surface area (Å²) in [6.07, 6.45) is 0. The first kappa shape index (κ1) is 19.4. The van der Waals surface area contributed by atoms with Gasteiger partial charge in [0, 0.05) is 16.9 Å². The highest BCUT2D eigenvalue weighted by Crippen LogP contribution is 2.30. The molecule has 0 saturated carbocycles. The van der Waals surface area contributed by atoms with Crippen molar-refractivity contribution in [1.29, 1.82) is 0 Å². The lowest BCUT2D eigenvalue weighted by Gasteiger charge is -2.13. The molecule has 4 rings (SSSR count). The topological polar surface area (TPSA) is 72.7 Å². The van der Waals surface area contributed by atoms with Gasteiger partial charge in [0.05, 0.1) is 26.8 Å². The van der Waals surface area contributed by atoms with Gasteiger partial charge in [-0.2, -0.15) is 5.10 Å². The molecule has 0 bridgehead atoms. The number of hydrogen-bond donors (Lipinski definition) is 1. The van der Waals surface area contributed by atoms with Crippen LogP contribution in [0.25, 0.3) is 16.9 Å². The number of nitrogens with zero attached hydrogens (tertiary/aromatic N) is 4. The molecule has 0 unspecified atom stereocenters. The van der Waals surface area contributed by atoms with Gasteiger partial charge in [-0.05, 0) is 63.2 Å². The molecule has 6 nitrogen and oxygen atoms in total. The van der Waals surface area contributed by atoms with Gasteiger partial charge < -0.3 is 5.32 Å². The van der Waals surface area contributed by atoms with Crippen LogP contribution in [0.1, 0.15) is 28.7 Å². The van der Waals surface area contributed by atoms with Crippen molar-refractivity contribution in [1.82, 2.24) is 19.7 Å². The number of carbonyl (C=O) groups excluding carboxylic acids is 1. The average Bonchev–Trinajstić information content (AvgIpc) is 3.01. The number of carbonyl (C=O) groups is 1. The van der Waals surface area contributed by atoms with Crippen molar-refractivity contribution in [3.63, 3.8) is 0 Å². The highest BCUT2D eigenvalue weighted by Gasteiger charge is 2.16. The van der Waals surface area contributed by atoms with Crippen molar-refractivity contribution in [2.45, 2.75) is 20.8 Å². The maximum absolute atomic E-state index is 11.5. The van der Waals surface area contributed by atoms with E-state index in [1.807, 2.05) is 32.0 Å². The molecule has 2 aromatic carbocycles. The Labute approximate surface area is 177 Å². The second-order valence-electron chi connectivity index (χ2n) is 6.75. The lowest BCUT2D eigenvalue weighted by atomic mass is 10.1. The number of hydrogen-bond acceptors (Lipinski definition) is 5. The van der Waals surface area contributed by atoms with Crippen LogP contribution in [0.15, 0.2) is 42.5 Å². The minimum Gasteiger partial charge on any atom is -0.337 e. The molecule has 0 fully saturated rings. The van der Waals surface area contributed by atoms with Crippen molar-refractivity contribution in [2.24, 2.45) is 0 Å². The normalized spacial score (nSPS) is 11.1. The zero-order chi connectivity index (χ0) is 20.7. The second-order valence-corrected chi connectivity index (χ2v) is 7.56. The minimum atomic E-state index is 0.0110. The predicted molar refractivity (Wildman–Crippen MR) is 116 cm³/mol. The van der Waals surface area contributed by atoms with Crippen molar-refractivity contribution >= 4 is 51.5 Å². The van der Waals surface area contributed by atoms with Crippen LogP contribution in [0.5, 0.6) is 0 Å². The summed E-state index contributed by atoms with van der Waals surface area (Å²) < 4.78 is 1.73. The number of ketones is 1. The number of aryl methyl sites for hydroxylation is 2. The van der Waals surface area contributed by atoms with E-state index in [4.69, 9.17) is 33.2 Å². The Morgan fingerprint density at radius 1 is 0.966 bits per heavy atom. The lowest BCUT2D eigenvalue weighted by Crippen LogP contribution is -2.09. The first-order valence-corrected chi connectivity index (χ1v) is 9.66. The number of benzene rings is 2. The quantitative estimate of drug-likeness (QED) is 0.425. The number of halogens is 2. The van der Waals surface area contributed by atoms with E-state index in [2.05, 4.69) is 10.4 Å². The molecule has 8 heteroatoms. The smallest absolute Gasteiger partial charge is 0.197 e. The van der Waals surface area contributed by atoms with Gasteiger partial charge in [-0.15, -0.1) is 0 Å². The van der Waals surface area contributed by atoms with Crippen molar-refractivity contribution < 1.29 is 4.79 Å². The number of anilines is 2. The van der Waals surface area contributed by atoms with Gasteiger partial charge in [0.1, 0.15) is 0 Å². The lowest BCUT2D eigenvalue weighted by molar-refractivity contribution is 0.101. The molecule has 4 aromatic rings. The highest BCUT2D eigenvalue weighted by molar-refractivity contribution is 6.42. The summed E-state index contributed by atoms with van der Waals surface area (Å²) in [6, 6.07) is 12.5. The number of rotatable bonds is 4. The molecule has 0 saturated heterocycles. The third kappa shape index (κ3) is 3.81. The number of fused-ring (bicyclic) bond motifs is 1. The second kappa shape index (κ2) is 7.46. The van der Waals surface area contributed by atoms with Crippen LogP contribution in [0, 0.1) is 13.8 Å². The van der Waals surface area contributed by atoms with Crippen LogP contribution in [0.3, 0.4) is 0 Å². The predicted octanol–water partition coefficient (Wildman–Crippen LogP) is 5.69. The molecular weight excluding hydrogens is 409 g/mol. The van der Waals surface area contributed by atoms with Crippen LogP contribution >= 0.6 is 23.2 Å². The van der Waals surface area contributed by atoms with Crippen LogP contribution < -0.4 is 5.32 Å². The monoisotopic (exact) mass is 425 g/mol. The van der Waals surface area contributed by atoms with Gasteiger partial charge >= 0.3 is 0 Å². The molecule has 0 aliphatic heterocycles. The zero-order valence-electron chi connectivity index (χ0n) is 16.0. The number of Topliss-reactive ketones (excluding diaryl/α,β-unsaturated/α-hetero) is 1. The van der Waals surface area contributed by atoms with Crippen LogP contribution in [-0.2, 0) is 0 Å². The summed E-state index contributed by atoms with van der Waals surface area (Å²) in [5.41, 5.74) is 4.42. The molecule has 0 amide bonds. The molecule has 29 heavy (non-hydrogen) atoms. The van der Waals surface area contributed by atoms with Crippen LogP contribution in [0.2, 0.25) is 10.0 Å². The summed E-state index contributed by atoms with van der Waals surface area (Å²) in [5, 5.41) is 8.63. The Balaban J connectivity index is 1.87. The summed E-state index contributed by atoms with van der Waals surface area (Å²) in [6.45, 7) is 5.40. The SMILES string of the molecule is CC(=O)c1ccc(Nc2nc3cc(Cl)c(Cl)cc3nc2-n2nc(C)cc2C)cc1. The Morgan fingerprint density at radius 3 is 2.14 bits per heavy atom. The van der Waals surface area contributed by atoms with Gasteiger partial charge in [0.2, 0.25) is 0 Å². The molecular formula is C21H17Cl2N5O. The van der Waals surface area contributed by atoms with Crippen molar-refractivity contribution in [2.75, 3.05) is 5.32 Å². The molecule has 146 valence electrons. The fourth-order valence-electron chi connectivity index (χ4n) is 3.04. The van der Waals surface area contributed by atoms with E-state index < -0.39 is 0 Å². The Bertz CT molecular complexity index is 1250. The summed E-state index contributed by atoms with van der Waals surface area (Å²) >= 11 is 12.3. The van der Waals surface area contributed by atoms with Crippen LogP contribution in [-0.4, -0.2) is 25.5 Å². The average molecular weight is 426 g/mol. The maximum atomic E-state index is 11.5. The van der Waals surface area contributed by atoms with E-state index in [0.29, 0.717) is 38.3 Å². The molecule has 0 radical (unpaired) electrons. The number of nitrogens with one attached hydrogen (secondary N) is 1. The van der Waals surface area contributed by atoms with Gasteiger partial charge in [-0.3, -0.25) is 4.79 Å². The number of aromatic nitrogens is 4. The van der Waals surface area contributed by atoms with E-state index in [-0.39, 0.29) is 5.78 Å². The fourth-order valence-corrected chi connectivity index (χ4v) is 3.36. The van der Waals surface area contributed by atoms with Gasteiger partial charge in [0.15, 0.2) is 17.4 Å². The van der Waals surface area contributed by atoms with E-state index in [1.165, 1.54) is 6.92 Å². The minimum absolute atomic E-state index is 0.0110. The Kier molecular flexibility index (Phi) is 4.98.